The highest BCUT2D eigenvalue weighted by Gasteiger charge is 2.36. The second kappa shape index (κ2) is 3.09. The van der Waals surface area contributed by atoms with Crippen LogP contribution in [0, 0.1) is 11.8 Å². The van der Waals surface area contributed by atoms with Gasteiger partial charge in [-0.25, -0.2) is 0 Å². The maximum Gasteiger partial charge on any atom is 0.0510 e. The molecule has 0 bridgehead atoms. The highest BCUT2D eigenvalue weighted by molar-refractivity contribution is 4.87. The summed E-state index contributed by atoms with van der Waals surface area (Å²) >= 11 is 0. The maximum absolute atomic E-state index is 5.49. The van der Waals surface area contributed by atoms with E-state index in [-0.39, 0.29) is 0 Å². The minimum absolute atomic E-state index is 0.792. The number of hydrogen-bond acceptors (Lipinski definition) is 3. The third kappa shape index (κ3) is 1.41. The monoisotopic (exact) mass is 156 g/mol. The Balaban J connectivity index is 1.84. The summed E-state index contributed by atoms with van der Waals surface area (Å²) in [6, 6.07) is 0. The van der Waals surface area contributed by atoms with Crippen LogP contribution in [-0.4, -0.2) is 44.3 Å². The number of nitrogens with zero attached hydrogens (tertiary/aromatic N) is 1. The summed E-state index contributed by atoms with van der Waals surface area (Å²) in [6.45, 7) is 6.23. The molecule has 0 radical (unpaired) electrons. The molecule has 0 aromatic heterocycles. The van der Waals surface area contributed by atoms with Crippen LogP contribution in [0.1, 0.15) is 0 Å². The third-order valence-corrected chi connectivity index (χ3v) is 2.76. The second-order valence-corrected chi connectivity index (χ2v) is 3.61. The van der Waals surface area contributed by atoms with Gasteiger partial charge in [0.05, 0.1) is 13.2 Å². The first-order valence-corrected chi connectivity index (χ1v) is 4.40. The minimum atomic E-state index is 0.792. The Morgan fingerprint density at radius 2 is 1.91 bits per heavy atom. The number of rotatable bonds is 2. The van der Waals surface area contributed by atoms with Crippen molar-refractivity contribution in [2.75, 3.05) is 39.4 Å². The van der Waals surface area contributed by atoms with Gasteiger partial charge in [0.15, 0.2) is 0 Å². The predicted molar refractivity (Wildman–Crippen MR) is 43.3 cm³/mol. The Kier molecular flexibility index (Phi) is 2.11. The summed E-state index contributed by atoms with van der Waals surface area (Å²) in [6.07, 6.45) is 0. The van der Waals surface area contributed by atoms with E-state index in [0.29, 0.717) is 0 Å². The Morgan fingerprint density at radius 3 is 2.45 bits per heavy atom. The number of nitrogens with two attached hydrogens (primary N) is 1. The molecule has 2 heterocycles. The molecule has 0 amide bonds. The predicted octanol–water partition coefficient (Wildman–Crippen LogP) is -0.477. The first-order chi connectivity index (χ1) is 5.40. The molecule has 2 saturated heterocycles. The van der Waals surface area contributed by atoms with Gasteiger partial charge in [0, 0.05) is 38.0 Å². The minimum Gasteiger partial charge on any atom is -0.381 e. The molecule has 2 rings (SSSR count). The van der Waals surface area contributed by atoms with Gasteiger partial charge in [-0.2, -0.15) is 0 Å². The van der Waals surface area contributed by atoms with Crippen molar-refractivity contribution in [3.8, 4) is 0 Å². The van der Waals surface area contributed by atoms with Crippen LogP contribution in [0.4, 0.5) is 0 Å². The average Bonchev–Trinajstić information content (AvgIpc) is 2.46. The standard InChI is InChI=1S/C8H16N2O/c9-1-2-10-3-7-5-11-6-8(7)4-10/h7-8H,1-6,9H2/t7-,8-/m0/s1. The topological polar surface area (TPSA) is 38.5 Å². The zero-order chi connectivity index (χ0) is 7.68. The van der Waals surface area contributed by atoms with E-state index in [1.165, 1.54) is 13.1 Å². The quantitative estimate of drug-likeness (QED) is 0.587. The lowest BCUT2D eigenvalue weighted by molar-refractivity contribution is 0.155. The summed E-state index contributed by atoms with van der Waals surface area (Å²) in [5.74, 6) is 1.61. The molecule has 2 aliphatic rings. The molecule has 0 aromatic rings. The molecule has 0 unspecified atom stereocenters. The summed E-state index contributed by atoms with van der Waals surface area (Å²) in [5.41, 5.74) is 5.49. The number of likely N-dealkylation sites (tertiary alicyclic amines) is 1. The zero-order valence-electron chi connectivity index (χ0n) is 6.83. The molecule has 64 valence electrons. The van der Waals surface area contributed by atoms with Gasteiger partial charge in [-0.05, 0) is 0 Å². The Bertz CT molecular complexity index is 128. The lowest BCUT2D eigenvalue weighted by atomic mass is 10.0. The van der Waals surface area contributed by atoms with Gasteiger partial charge < -0.3 is 15.4 Å². The van der Waals surface area contributed by atoms with E-state index < -0.39 is 0 Å². The Labute approximate surface area is 67.5 Å². The first kappa shape index (κ1) is 7.53. The summed E-state index contributed by atoms with van der Waals surface area (Å²) in [4.78, 5) is 2.46. The highest BCUT2D eigenvalue weighted by Crippen LogP contribution is 2.28. The molecule has 2 atom stereocenters. The largest absolute Gasteiger partial charge is 0.381 e. The molecule has 0 aliphatic carbocycles. The van der Waals surface area contributed by atoms with Crippen molar-refractivity contribution in [3.05, 3.63) is 0 Å². The lowest BCUT2D eigenvalue weighted by Crippen LogP contribution is -2.28. The molecule has 3 nitrogen and oxygen atoms in total. The van der Waals surface area contributed by atoms with Crippen molar-refractivity contribution < 1.29 is 4.74 Å². The van der Waals surface area contributed by atoms with Crippen LogP contribution in [-0.2, 0) is 4.74 Å². The van der Waals surface area contributed by atoms with Crippen molar-refractivity contribution in [1.29, 1.82) is 0 Å². The van der Waals surface area contributed by atoms with Gasteiger partial charge in [0.2, 0.25) is 0 Å². The summed E-state index contributed by atoms with van der Waals surface area (Å²) in [7, 11) is 0. The molecule has 2 aliphatic heterocycles. The molecular formula is C8H16N2O. The van der Waals surface area contributed by atoms with Crippen LogP contribution in [0.25, 0.3) is 0 Å². The Hall–Kier alpha value is -0.120. The zero-order valence-corrected chi connectivity index (χ0v) is 6.83. The second-order valence-electron chi connectivity index (χ2n) is 3.61. The smallest absolute Gasteiger partial charge is 0.0510 e. The van der Waals surface area contributed by atoms with E-state index in [1.54, 1.807) is 0 Å². The van der Waals surface area contributed by atoms with Gasteiger partial charge in [-0.15, -0.1) is 0 Å². The Morgan fingerprint density at radius 1 is 1.27 bits per heavy atom. The van der Waals surface area contributed by atoms with Crippen LogP contribution >= 0.6 is 0 Å². The fraction of sp³-hybridized carbons (Fsp3) is 1.00. The van der Waals surface area contributed by atoms with Crippen molar-refractivity contribution in [2.24, 2.45) is 17.6 Å². The summed E-state index contributed by atoms with van der Waals surface area (Å²) in [5, 5.41) is 0. The van der Waals surface area contributed by atoms with Gasteiger partial charge in [-0.3, -0.25) is 0 Å². The van der Waals surface area contributed by atoms with Crippen LogP contribution in [0.2, 0.25) is 0 Å². The highest BCUT2D eigenvalue weighted by atomic mass is 16.5. The maximum atomic E-state index is 5.49. The van der Waals surface area contributed by atoms with E-state index >= 15 is 0 Å². The number of hydrogen-bond donors (Lipinski definition) is 1. The van der Waals surface area contributed by atoms with Crippen LogP contribution in [0.3, 0.4) is 0 Å². The average molecular weight is 156 g/mol. The number of fused-ring (bicyclic) bond motifs is 1. The van der Waals surface area contributed by atoms with E-state index in [0.717, 1.165) is 38.1 Å². The SMILES string of the molecule is NCCN1C[C@H]2COC[C@@H]2C1. The van der Waals surface area contributed by atoms with E-state index in [1.807, 2.05) is 0 Å². The fourth-order valence-corrected chi connectivity index (χ4v) is 2.15. The molecule has 0 saturated carbocycles. The molecule has 0 spiro atoms. The van der Waals surface area contributed by atoms with Crippen LogP contribution in [0.15, 0.2) is 0 Å². The van der Waals surface area contributed by atoms with E-state index in [4.69, 9.17) is 10.5 Å². The van der Waals surface area contributed by atoms with Crippen molar-refractivity contribution in [2.45, 2.75) is 0 Å². The van der Waals surface area contributed by atoms with Crippen molar-refractivity contribution >= 4 is 0 Å². The molecule has 11 heavy (non-hydrogen) atoms. The van der Waals surface area contributed by atoms with E-state index in [2.05, 4.69) is 4.90 Å². The molecule has 2 fully saturated rings. The van der Waals surface area contributed by atoms with Gasteiger partial charge in [-0.1, -0.05) is 0 Å². The molecular weight excluding hydrogens is 140 g/mol. The van der Waals surface area contributed by atoms with Gasteiger partial charge in [0.25, 0.3) is 0 Å². The fourth-order valence-electron chi connectivity index (χ4n) is 2.15. The van der Waals surface area contributed by atoms with Gasteiger partial charge in [0.1, 0.15) is 0 Å². The van der Waals surface area contributed by atoms with E-state index in [9.17, 15) is 0 Å². The summed E-state index contributed by atoms with van der Waals surface area (Å²) < 4.78 is 5.38. The third-order valence-electron chi connectivity index (χ3n) is 2.76. The molecule has 0 aromatic carbocycles. The first-order valence-electron chi connectivity index (χ1n) is 4.40. The van der Waals surface area contributed by atoms with Crippen molar-refractivity contribution in [1.82, 2.24) is 4.90 Å². The molecule has 3 heteroatoms. The van der Waals surface area contributed by atoms with Crippen molar-refractivity contribution in [3.63, 3.8) is 0 Å². The van der Waals surface area contributed by atoms with Crippen LogP contribution in [0.5, 0.6) is 0 Å². The normalized spacial score (nSPS) is 37.9. The van der Waals surface area contributed by atoms with Crippen LogP contribution < -0.4 is 5.73 Å². The number of ether oxygens (including phenoxy) is 1. The molecule has 2 N–H and O–H groups in total. The van der Waals surface area contributed by atoms with Gasteiger partial charge >= 0.3 is 0 Å². The lowest BCUT2D eigenvalue weighted by Gasteiger charge is -2.14.